The molecule has 0 atom stereocenters. The van der Waals surface area contributed by atoms with Crippen molar-refractivity contribution >= 4 is 11.9 Å². The Balaban J connectivity index is 2.40. The van der Waals surface area contributed by atoms with E-state index in [4.69, 9.17) is 9.47 Å². The molecule has 0 saturated heterocycles. The van der Waals surface area contributed by atoms with Crippen molar-refractivity contribution in [2.45, 2.75) is 13.8 Å². The van der Waals surface area contributed by atoms with Crippen molar-refractivity contribution in [3.63, 3.8) is 0 Å². The third-order valence-electron chi connectivity index (χ3n) is 3.23. The van der Waals surface area contributed by atoms with Crippen LogP contribution in [0.25, 0.3) is 0 Å². The average Bonchev–Trinajstić information content (AvgIpc) is 2.46. The van der Waals surface area contributed by atoms with Crippen LogP contribution in [0.5, 0.6) is 17.2 Å². The van der Waals surface area contributed by atoms with Crippen molar-refractivity contribution in [1.29, 1.82) is 0 Å². The predicted octanol–water partition coefficient (Wildman–Crippen LogP) is 3.78. The number of aryl methyl sites for hydroxylation is 2. The molecule has 0 radical (unpaired) electrons. The fourth-order valence-corrected chi connectivity index (χ4v) is 2.09. The SMILES string of the molecule is COc1cc(O)c(C=Nc2ccc(C)cc2C)c(OC)c1. The fraction of sp³-hybridized carbons (Fsp3) is 0.235. The maximum Gasteiger partial charge on any atom is 0.135 e. The molecule has 4 nitrogen and oxygen atoms in total. The van der Waals surface area contributed by atoms with E-state index in [-0.39, 0.29) is 5.75 Å². The summed E-state index contributed by atoms with van der Waals surface area (Å²) in [6, 6.07) is 9.27. The van der Waals surface area contributed by atoms with E-state index in [1.807, 2.05) is 26.0 Å². The van der Waals surface area contributed by atoms with Gasteiger partial charge in [-0.2, -0.15) is 0 Å². The van der Waals surface area contributed by atoms with Gasteiger partial charge in [0, 0.05) is 18.3 Å². The highest BCUT2D eigenvalue weighted by molar-refractivity contribution is 5.89. The number of benzene rings is 2. The summed E-state index contributed by atoms with van der Waals surface area (Å²) in [5.74, 6) is 1.12. The number of rotatable bonds is 4. The number of methoxy groups -OCH3 is 2. The first kappa shape index (κ1) is 14.9. The zero-order valence-corrected chi connectivity index (χ0v) is 12.7. The van der Waals surface area contributed by atoms with E-state index in [2.05, 4.69) is 11.1 Å². The molecule has 0 aliphatic heterocycles. The molecule has 0 aliphatic rings. The minimum atomic E-state index is 0.0692. The summed E-state index contributed by atoms with van der Waals surface area (Å²) in [7, 11) is 3.08. The van der Waals surface area contributed by atoms with Crippen molar-refractivity contribution < 1.29 is 14.6 Å². The summed E-state index contributed by atoms with van der Waals surface area (Å²) in [5.41, 5.74) is 3.66. The number of phenols is 1. The smallest absolute Gasteiger partial charge is 0.135 e. The molecule has 2 aromatic carbocycles. The Morgan fingerprint density at radius 2 is 1.81 bits per heavy atom. The van der Waals surface area contributed by atoms with Gasteiger partial charge in [-0.05, 0) is 25.5 Å². The Hall–Kier alpha value is -2.49. The lowest BCUT2D eigenvalue weighted by molar-refractivity contribution is 0.384. The second kappa shape index (κ2) is 6.31. The van der Waals surface area contributed by atoms with Crippen LogP contribution >= 0.6 is 0 Å². The van der Waals surface area contributed by atoms with Crippen molar-refractivity contribution in [2.24, 2.45) is 4.99 Å². The Kier molecular flexibility index (Phi) is 4.48. The van der Waals surface area contributed by atoms with E-state index >= 15 is 0 Å². The Labute approximate surface area is 124 Å². The van der Waals surface area contributed by atoms with Gasteiger partial charge >= 0.3 is 0 Å². The molecule has 0 spiro atoms. The van der Waals surface area contributed by atoms with Gasteiger partial charge in [-0.25, -0.2) is 0 Å². The van der Waals surface area contributed by atoms with Gasteiger partial charge < -0.3 is 14.6 Å². The molecule has 2 aromatic rings. The Bertz CT molecular complexity index is 678. The lowest BCUT2D eigenvalue weighted by atomic mass is 10.1. The lowest BCUT2D eigenvalue weighted by Gasteiger charge is -2.09. The third kappa shape index (κ3) is 3.34. The van der Waals surface area contributed by atoms with Crippen molar-refractivity contribution in [2.75, 3.05) is 14.2 Å². The average molecular weight is 285 g/mol. The van der Waals surface area contributed by atoms with Gasteiger partial charge in [0.1, 0.15) is 17.2 Å². The van der Waals surface area contributed by atoms with Crippen LogP contribution in [0, 0.1) is 13.8 Å². The first-order valence-corrected chi connectivity index (χ1v) is 6.61. The summed E-state index contributed by atoms with van der Waals surface area (Å²) in [5, 5.41) is 10.1. The molecule has 110 valence electrons. The largest absolute Gasteiger partial charge is 0.507 e. The van der Waals surface area contributed by atoms with E-state index in [1.54, 1.807) is 19.4 Å². The number of nitrogens with zero attached hydrogens (tertiary/aromatic N) is 1. The molecule has 0 aromatic heterocycles. The molecule has 0 bridgehead atoms. The topological polar surface area (TPSA) is 51.0 Å². The molecule has 0 heterocycles. The van der Waals surface area contributed by atoms with Gasteiger partial charge in [-0.3, -0.25) is 4.99 Å². The first-order chi connectivity index (χ1) is 10.0. The van der Waals surface area contributed by atoms with Crippen LogP contribution in [0.15, 0.2) is 35.3 Å². The molecule has 0 unspecified atom stereocenters. The molecule has 0 fully saturated rings. The molecular weight excluding hydrogens is 266 g/mol. The van der Waals surface area contributed by atoms with Crippen LogP contribution < -0.4 is 9.47 Å². The maximum atomic E-state index is 10.1. The molecule has 0 saturated carbocycles. The van der Waals surface area contributed by atoms with Crippen LogP contribution in [-0.2, 0) is 0 Å². The van der Waals surface area contributed by atoms with E-state index in [0.29, 0.717) is 17.1 Å². The van der Waals surface area contributed by atoms with Gasteiger partial charge in [0.15, 0.2) is 0 Å². The highest BCUT2D eigenvalue weighted by Gasteiger charge is 2.10. The maximum absolute atomic E-state index is 10.1. The van der Waals surface area contributed by atoms with Crippen LogP contribution in [0.1, 0.15) is 16.7 Å². The van der Waals surface area contributed by atoms with Crippen LogP contribution in [-0.4, -0.2) is 25.5 Å². The van der Waals surface area contributed by atoms with Gasteiger partial charge in [0.25, 0.3) is 0 Å². The molecule has 0 aliphatic carbocycles. The van der Waals surface area contributed by atoms with E-state index < -0.39 is 0 Å². The minimum absolute atomic E-state index is 0.0692. The van der Waals surface area contributed by atoms with Gasteiger partial charge in [-0.15, -0.1) is 0 Å². The molecule has 0 amide bonds. The van der Waals surface area contributed by atoms with Crippen molar-refractivity contribution in [3.8, 4) is 17.2 Å². The molecule has 2 rings (SSSR count). The van der Waals surface area contributed by atoms with Gasteiger partial charge in [0.05, 0.1) is 25.5 Å². The molecule has 21 heavy (non-hydrogen) atoms. The monoisotopic (exact) mass is 285 g/mol. The van der Waals surface area contributed by atoms with E-state index in [0.717, 1.165) is 11.3 Å². The zero-order chi connectivity index (χ0) is 15.4. The zero-order valence-electron chi connectivity index (χ0n) is 12.7. The number of aliphatic imine (C=N–C) groups is 1. The summed E-state index contributed by atoms with van der Waals surface area (Å²) in [6.45, 7) is 4.05. The van der Waals surface area contributed by atoms with Crippen LogP contribution in [0.3, 0.4) is 0 Å². The minimum Gasteiger partial charge on any atom is -0.507 e. The second-order valence-electron chi connectivity index (χ2n) is 4.81. The lowest BCUT2D eigenvalue weighted by Crippen LogP contribution is -1.93. The number of phenolic OH excluding ortho intramolecular Hbond substituents is 1. The molecule has 4 heteroatoms. The number of aromatic hydroxyl groups is 1. The molecule has 1 N–H and O–H groups in total. The normalized spacial score (nSPS) is 10.9. The van der Waals surface area contributed by atoms with Gasteiger partial charge in [0.2, 0.25) is 0 Å². The van der Waals surface area contributed by atoms with Crippen molar-refractivity contribution in [3.05, 3.63) is 47.0 Å². The summed E-state index contributed by atoms with van der Waals surface area (Å²) < 4.78 is 10.4. The highest BCUT2D eigenvalue weighted by Crippen LogP contribution is 2.32. The molecular formula is C17H19NO3. The number of hydrogen-bond acceptors (Lipinski definition) is 4. The summed E-state index contributed by atoms with van der Waals surface area (Å²) in [6.07, 6.45) is 1.60. The Morgan fingerprint density at radius 3 is 2.43 bits per heavy atom. The first-order valence-electron chi connectivity index (χ1n) is 6.61. The van der Waals surface area contributed by atoms with E-state index in [9.17, 15) is 5.11 Å². The fourth-order valence-electron chi connectivity index (χ4n) is 2.09. The predicted molar refractivity (Wildman–Crippen MR) is 84.4 cm³/mol. The third-order valence-corrected chi connectivity index (χ3v) is 3.23. The number of ether oxygens (including phenoxy) is 2. The Morgan fingerprint density at radius 1 is 1.05 bits per heavy atom. The quantitative estimate of drug-likeness (QED) is 0.870. The number of hydrogen-bond donors (Lipinski definition) is 1. The van der Waals surface area contributed by atoms with E-state index in [1.165, 1.54) is 18.7 Å². The highest BCUT2D eigenvalue weighted by atomic mass is 16.5. The summed E-state index contributed by atoms with van der Waals surface area (Å²) >= 11 is 0. The van der Waals surface area contributed by atoms with Crippen LogP contribution in [0.4, 0.5) is 5.69 Å². The van der Waals surface area contributed by atoms with Gasteiger partial charge in [-0.1, -0.05) is 17.7 Å². The standard InChI is InChI=1S/C17H19NO3/c1-11-5-6-15(12(2)7-11)18-10-14-16(19)8-13(20-3)9-17(14)21-4/h5-10,19H,1-4H3. The van der Waals surface area contributed by atoms with Crippen molar-refractivity contribution in [1.82, 2.24) is 0 Å². The van der Waals surface area contributed by atoms with Crippen LogP contribution in [0.2, 0.25) is 0 Å². The second-order valence-corrected chi connectivity index (χ2v) is 4.81. The summed E-state index contributed by atoms with van der Waals surface area (Å²) in [4.78, 5) is 4.44.